The van der Waals surface area contributed by atoms with E-state index in [0.29, 0.717) is 23.8 Å². The molecule has 5 heteroatoms. The predicted molar refractivity (Wildman–Crippen MR) is 91.1 cm³/mol. The van der Waals surface area contributed by atoms with Gasteiger partial charge >= 0.3 is 0 Å². The van der Waals surface area contributed by atoms with Crippen LogP contribution in [0.2, 0.25) is 0 Å². The molecule has 1 N–H and O–H groups in total. The van der Waals surface area contributed by atoms with E-state index in [1.165, 1.54) is 0 Å². The van der Waals surface area contributed by atoms with Crippen molar-refractivity contribution >= 4 is 0 Å². The number of nitriles is 1. The summed E-state index contributed by atoms with van der Waals surface area (Å²) in [4.78, 5) is 4.35. The standard InChI is InChI=1S/C19H23N3O2/c1-18(2)9-16(19(3,4)24-18)21-12-17-22-11-15(23-17)14-7-5-13(10-20)6-8-14/h5-8,11,16,21H,9,12H2,1-4H3. The van der Waals surface area contributed by atoms with Crippen molar-refractivity contribution < 1.29 is 9.15 Å². The second kappa shape index (κ2) is 6.04. The molecule has 1 aliphatic heterocycles. The molecule has 1 aromatic heterocycles. The molecule has 0 radical (unpaired) electrons. The van der Waals surface area contributed by atoms with Crippen molar-refractivity contribution in [3.63, 3.8) is 0 Å². The fourth-order valence-corrected chi connectivity index (χ4v) is 3.33. The van der Waals surface area contributed by atoms with Gasteiger partial charge in [-0.3, -0.25) is 0 Å². The molecule has 1 unspecified atom stereocenters. The normalized spacial score (nSPS) is 21.5. The molecule has 0 aliphatic carbocycles. The quantitative estimate of drug-likeness (QED) is 0.929. The maximum Gasteiger partial charge on any atom is 0.208 e. The van der Waals surface area contributed by atoms with Crippen LogP contribution < -0.4 is 5.32 Å². The van der Waals surface area contributed by atoms with Crippen LogP contribution in [0.5, 0.6) is 0 Å². The van der Waals surface area contributed by atoms with Crippen LogP contribution in [0.4, 0.5) is 0 Å². The van der Waals surface area contributed by atoms with Crippen LogP contribution in [-0.2, 0) is 11.3 Å². The molecular formula is C19H23N3O2. The van der Waals surface area contributed by atoms with Crippen LogP contribution >= 0.6 is 0 Å². The van der Waals surface area contributed by atoms with Gasteiger partial charge in [-0.2, -0.15) is 5.26 Å². The van der Waals surface area contributed by atoms with Crippen LogP contribution in [-0.4, -0.2) is 22.2 Å². The highest BCUT2D eigenvalue weighted by molar-refractivity contribution is 5.57. The first kappa shape index (κ1) is 16.7. The van der Waals surface area contributed by atoms with Crippen molar-refractivity contribution in [2.24, 2.45) is 0 Å². The SMILES string of the molecule is CC1(C)CC(NCc2ncc(-c3ccc(C#N)cc3)o2)C(C)(C)O1. The van der Waals surface area contributed by atoms with Gasteiger partial charge in [0, 0.05) is 11.6 Å². The number of benzene rings is 1. The Morgan fingerprint density at radius 1 is 1.25 bits per heavy atom. The third-order valence-corrected chi connectivity index (χ3v) is 4.43. The molecule has 5 nitrogen and oxygen atoms in total. The monoisotopic (exact) mass is 325 g/mol. The number of aromatic nitrogens is 1. The largest absolute Gasteiger partial charge is 0.439 e. The Bertz CT molecular complexity index is 754. The summed E-state index contributed by atoms with van der Waals surface area (Å²) in [6.45, 7) is 9.01. The second-order valence-electron chi connectivity index (χ2n) is 7.41. The maximum atomic E-state index is 8.85. The Labute approximate surface area is 142 Å². The topological polar surface area (TPSA) is 71.1 Å². The molecule has 24 heavy (non-hydrogen) atoms. The zero-order valence-electron chi connectivity index (χ0n) is 14.6. The molecule has 2 aromatic rings. The summed E-state index contributed by atoms with van der Waals surface area (Å²) in [5, 5.41) is 12.4. The van der Waals surface area contributed by atoms with Gasteiger partial charge in [0.15, 0.2) is 5.76 Å². The Hall–Kier alpha value is -2.16. The summed E-state index contributed by atoms with van der Waals surface area (Å²) in [6.07, 6.45) is 2.67. The molecule has 0 saturated carbocycles. The van der Waals surface area contributed by atoms with Gasteiger partial charge in [-0.05, 0) is 58.4 Å². The molecule has 1 saturated heterocycles. The minimum absolute atomic E-state index is 0.120. The van der Waals surface area contributed by atoms with Crippen molar-refractivity contribution in [3.8, 4) is 17.4 Å². The molecule has 3 rings (SSSR count). The summed E-state index contributed by atoms with van der Waals surface area (Å²) in [6, 6.07) is 9.64. The van der Waals surface area contributed by atoms with Gasteiger partial charge in [0.1, 0.15) is 0 Å². The van der Waals surface area contributed by atoms with Gasteiger partial charge in [0.25, 0.3) is 0 Å². The Kier molecular flexibility index (Phi) is 4.20. The second-order valence-corrected chi connectivity index (χ2v) is 7.41. The number of rotatable bonds is 4. The molecule has 0 bridgehead atoms. The summed E-state index contributed by atoms with van der Waals surface area (Å²) in [7, 11) is 0. The van der Waals surface area contributed by atoms with Crippen LogP contribution in [0.1, 0.15) is 45.6 Å². The van der Waals surface area contributed by atoms with E-state index in [-0.39, 0.29) is 17.2 Å². The van der Waals surface area contributed by atoms with Gasteiger partial charge in [0.2, 0.25) is 5.89 Å². The van der Waals surface area contributed by atoms with Gasteiger partial charge in [-0.1, -0.05) is 0 Å². The van der Waals surface area contributed by atoms with Gasteiger partial charge in [-0.15, -0.1) is 0 Å². The van der Waals surface area contributed by atoms with Crippen LogP contribution in [0.3, 0.4) is 0 Å². The summed E-state index contributed by atoms with van der Waals surface area (Å²) >= 11 is 0. The van der Waals surface area contributed by atoms with E-state index in [1.807, 2.05) is 12.1 Å². The molecule has 2 heterocycles. The van der Waals surface area contributed by atoms with Gasteiger partial charge in [0.05, 0.1) is 35.6 Å². The van der Waals surface area contributed by atoms with Crippen molar-refractivity contribution in [1.82, 2.24) is 10.3 Å². The van der Waals surface area contributed by atoms with E-state index in [0.717, 1.165) is 12.0 Å². The summed E-state index contributed by atoms with van der Waals surface area (Å²) in [5.74, 6) is 1.36. The summed E-state index contributed by atoms with van der Waals surface area (Å²) < 4.78 is 11.9. The first-order valence-electron chi connectivity index (χ1n) is 8.18. The third kappa shape index (κ3) is 3.50. The van der Waals surface area contributed by atoms with Crippen molar-refractivity contribution in [1.29, 1.82) is 5.26 Å². The number of nitrogens with one attached hydrogen (secondary N) is 1. The fraction of sp³-hybridized carbons (Fsp3) is 0.474. The first-order chi connectivity index (χ1) is 11.3. The minimum atomic E-state index is -0.216. The Morgan fingerprint density at radius 3 is 2.54 bits per heavy atom. The molecule has 0 spiro atoms. The Balaban J connectivity index is 1.65. The highest BCUT2D eigenvalue weighted by atomic mass is 16.5. The number of oxazole rings is 1. The number of hydrogen-bond donors (Lipinski definition) is 1. The van der Waals surface area contributed by atoms with E-state index < -0.39 is 0 Å². The van der Waals surface area contributed by atoms with E-state index in [9.17, 15) is 0 Å². The van der Waals surface area contributed by atoms with E-state index >= 15 is 0 Å². The van der Waals surface area contributed by atoms with Gasteiger partial charge < -0.3 is 14.5 Å². The molecule has 126 valence electrons. The first-order valence-corrected chi connectivity index (χ1v) is 8.18. The van der Waals surface area contributed by atoms with E-state index in [1.54, 1.807) is 18.3 Å². The lowest BCUT2D eigenvalue weighted by molar-refractivity contribution is -0.0699. The van der Waals surface area contributed by atoms with Crippen molar-refractivity contribution in [2.45, 2.75) is 57.9 Å². The smallest absolute Gasteiger partial charge is 0.208 e. The number of nitrogens with zero attached hydrogens (tertiary/aromatic N) is 2. The number of hydrogen-bond acceptors (Lipinski definition) is 5. The zero-order valence-corrected chi connectivity index (χ0v) is 14.6. The fourth-order valence-electron chi connectivity index (χ4n) is 3.33. The lowest BCUT2D eigenvalue weighted by atomic mass is 9.94. The minimum Gasteiger partial charge on any atom is -0.439 e. The highest BCUT2D eigenvalue weighted by Gasteiger charge is 2.45. The van der Waals surface area contributed by atoms with Gasteiger partial charge in [-0.25, -0.2) is 4.98 Å². The molecular weight excluding hydrogens is 302 g/mol. The highest BCUT2D eigenvalue weighted by Crippen LogP contribution is 2.37. The third-order valence-electron chi connectivity index (χ3n) is 4.43. The molecule has 1 aromatic carbocycles. The molecule has 1 atom stereocenters. The average molecular weight is 325 g/mol. The molecule has 1 fully saturated rings. The molecule has 1 aliphatic rings. The Morgan fingerprint density at radius 2 is 1.96 bits per heavy atom. The lowest BCUT2D eigenvalue weighted by Crippen LogP contribution is -2.42. The summed E-state index contributed by atoms with van der Waals surface area (Å²) in [5.41, 5.74) is 1.21. The maximum absolute atomic E-state index is 8.85. The van der Waals surface area contributed by atoms with E-state index in [2.05, 4.69) is 44.1 Å². The van der Waals surface area contributed by atoms with Crippen LogP contribution in [0.15, 0.2) is 34.9 Å². The van der Waals surface area contributed by atoms with Crippen molar-refractivity contribution in [3.05, 3.63) is 41.9 Å². The van der Waals surface area contributed by atoms with E-state index in [4.69, 9.17) is 14.4 Å². The zero-order chi connectivity index (χ0) is 17.4. The molecule has 0 amide bonds. The number of ether oxygens (including phenoxy) is 1. The van der Waals surface area contributed by atoms with Crippen LogP contribution in [0.25, 0.3) is 11.3 Å². The predicted octanol–water partition coefficient (Wildman–Crippen LogP) is 3.65. The average Bonchev–Trinajstić information content (AvgIpc) is 3.06. The van der Waals surface area contributed by atoms with Crippen LogP contribution in [0, 0.1) is 11.3 Å². The van der Waals surface area contributed by atoms with Crippen molar-refractivity contribution in [2.75, 3.05) is 0 Å². The lowest BCUT2D eigenvalue weighted by Gasteiger charge is -2.27.